The fraction of sp³-hybridized carbons (Fsp3) is 0.286. The minimum absolute atomic E-state index is 0.321. The van der Waals surface area contributed by atoms with Crippen molar-refractivity contribution in [3.05, 3.63) is 56.7 Å². The third-order valence-corrected chi connectivity index (χ3v) is 3.79. The fourth-order valence-electron chi connectivity index (χ4n) is 2.00. The predicted molar refractivity (Wildman–Crippen MR) is 76.0 cm³/mol. The number of hydrogen-bond donors (Lipinski definition) is 1. The molecule has 0 aliphatic rings. The molecule has 0 aliphatic carbocycles. The van der Waals surface area contributed by atoms with Crippen molar-refractivity contribution in [1.82, 2.24) is 5.32 Å². The van der Waals surface area contributed by atoms with Crippen molar-refractivity contribution in [3.63, 3.8) is 0 Å². The number of benzene rings is 1. The summed E-state index contributed by atoms with van der Waals surface area (Å²) in [6.45, 7) is 2.08. The lowest BCUT2D eigenvalue weighted by atomic mass is 9.99. The number of nitrogens with one attached hydrogen (secondary N) is 1. The van der Waals surface area contributed by atoms with Crippen molar-refractivity contribution < 1.29 is 0 Å². The molecular weight excluding hydrogens is 250 g/mol. The normalized spacial score (nSPS) is 12.6. The average molecular weight is 266 g/mol. The highest BCUT2D eigenvalue weighted by Crippen LogP contribution is 2.23. The van der Waals surface area contributed by atoms with Gasteiger partial charge in [0.25, 0.3) is 0 Å². The van der Waals surface area contributed by atoms with E-state index >= 15 is 0 Å². The van der Waals surface area contributed by atoms with Crippen LogP contribution in [0.5, 0.6) is 0 Å². The van der Waals surface area contributed by atoms with Crippen LogP contribution in [0.15, 0.2) is 35.0 Å². The summed E-state index contributed by atoms with van der Waals surface area (Å²) < 4.78 is 0. The molecule has 1 heterocycles. The van der Waals surface area contributed by atoms with Gasteiger partial charge in [-0.25, -0.2) is 0 Å². The number of rotatable bonds is 4. The molecule has 1 aromatic carbocycles. The van der Waals surface area contributed by atoms with E-state index in [0.717, 1.165) is 11.4 Å². The van der Waals surface area contributed by atoms with Crippen LogP contribution in [0, 0.1) is 6.92 Å². The smallest absolute Gasteiger partial charge is 0.0411 e. The molecule has 0 amide bonds. The van der Waals surface area contributed by atoms with Crippen LogP contribution >= 0.6 is 22.9 Å². The van der Waals surface area contributed by atoms with Crippen LogP contribution in [0.2, 0.25) is 5.02 Å². The van der Waals surface area contributed by atoms with E-state index in [9.17, 15) is 0 Å². The van der Waals surface area contributed by atoms with E-state index in [1.165, 1.54) is 16.7 Å². The number of thiophene rings is 1. The number of hydrogen-bond acceptors (Lipinski definition) is 2. The first-order chi connectivity index (χ1) is 8.19. The topological polar surface area (TPSA) is 12.0 Å². The molecule has 0 radical (unpaired) electrons. The summed E-state index contributed by atoms with van der Waals surface area (Å²) >= 11 is 7.85. The van der Waals surface area contributed by atoms with Crippen molar-refractivity contribution in [2.75, 3.05) is 7.05 Å². The molecule has 0 saturated heterocycles. The summed E-state index contributed by atoms with van der Waals surface area (Å²) in [6.07, 6.45) is 1.000. The Hall–Kier alpha value is -0.830. The van der Waals surface area contributed by atoms with E-state index in [1.807, 2.05) is 19.2 Å². The number of likely N-dealkylation sites (N-methyl/N-ethyl adjacent to an activating group) is 1. The monoisotopic (exact) mass is 265 g/mol. The largest absolute Gasteiger partial charge is 0.313 e. The second kappa shape index (κ2) is 5.67. The Balaban J connectivity index is 2.22. The zero-order valence-electron chi connectivity index (χ0n) is 10.0. The lowest BCUT2D eigenvalue weighted by Crippen LogP contribution is -2.18. The first-order valence-electron chi connectivity index (χ1n) is 5.64. The Morgan fingerprint density at radius 3 is 2.76 bits per heavy atom. The predicted octanol–water partition coefficient (Wildman–Crippen LogP) is 4.21. The van der Waals surface area contributed by atoms with Crippen molar-refractivity contribution in [2.45, 2.75) is 19.4 Å². The second-order valence-corrected chi connectivity index (χ2v) is 5.46. The van der Waals surface area contributed by atoms with Gasteiger partial charge in [-0.15, -0.1) is 0 Å². The molecule has 2 aromatic rings. The van der Waals surface area contributed by atoms with Crippen molar-refractivity contribution in [1.29, 1.82) is 0 Å². The van der Waals surface area contributed by atoms with E-state index in [2.05, 4.69) is 35.1 Å². The van der Waals surface area contributed by atoms with Gasteiger partial charge in [-0.3, -0.25) is 0 Å². The molecule has 0 saturated carbocycles. The van der Waals surface area contributed by atoms with E-state index in [0.29, 0.717) is 6.04 Å². The molecule has 1 nitrogen and oxygen atoms in total. The molecular formula is C14H16ClNS. The van der Waals surface area contributed by atoms with Crippen molar-refractivity contribution >= 4 is 22.9 Å². The summed E-state index contributed by atoms with van der Waals surface area (Å²) in [5.74, 6) is 0. The summed E-state index contributed by atoms with van der Waals surface area (Å²) in [7, 11) is 1.99. The van der Waals surface area contributed by atoms with Gasteiger partial charge in [0, 0.05) is 11.1 Å². The van der Waals surface area contributed by atoms with E-state index in [-0.39, 0.29) is 0 Å². The quantitative estimate of drug-likeness (QED) is 0.873. The lowest BCUT2D eigenvalue weighted by molar-refractivity contribution is 0.592. The van der Waals surface area contributed by atoms with Crippen LogP contribution in [0.4, 0.5) is 0 Å². The van der Waals surface area contributed by atoms with Gasteiger partial charge in [-0.1, -0.05) is 17.7 Å². The standard InChI is InChI=1S/C14H16ClNS/c1-10-5-12(8-13(15)6-10)14(16-2)7-11-3-4-17-9-11/h3-6,8-9,14,16H,7H2,1-2H3. The zero-order valence-corrected chi connectivity index (χ0v) is 11.6. The van der Waals surface area contributed by atoms with Gasteiger partial charge in [0.05, 0.1) is 0 Å². The number of aryl methyl sites for hydroxylation is 1. The van der Waals surface area contributed by atoms with Crippen LogP contribution in [-0.2, 0) is 6.42 Å². The molecule has 1 atom stereocenters. The van der Waals surface area contributed by atoms with Crippen molar-refractivity contribution in [3.8, 4) is 0 Å². The molecule has 2 rings (SSSR count). The molecule has 1 aromatic heterocycles. The first kappa shape index (κ1) is 12.6. The maximum atomic E-state index is 6.11. The van der Waals surface area contributed by atoms with Crippen molar-refractivity contribution in [2.24, 2.45) is 0 Å². The Bertz CT molecular complexity index is 459. The lowest BCUT2D eigenvalue weighted by Gasteiger charge is -2.17. The first-order valence-corrected chi connectivity index (χ1v) is 6.96. The van der Waals surface area contributed by atoms with Gasteiger partial charge in [-0.2, -0.15) is 11.3 Å². The summed E-state index contributed by atoms with van der Waals surface area (Å²) in [6, 6.07) is 8.72. The highest BCUT2D eigenvalue weighted by atomic mass is 35.5. The van der Waals surface area contributed by atoms with Crippen LogP contribution in [-0.4, -0.2) is 7.05 Å². The maximum absolute atomic E-state index is 6.11. The highest BCUT2D eigenvalue weighted by molar-refractivity contribution is 7.07. The summed E-state index contributed by atoms with van der Waals surface area (Å²) in [5, 5.41) is 8.48. The minimum atomic E-state index is 0.321. The molecule has 0 spiro atoms. The Kier molecular flexibility index (Phi) is 4.21. The van der Waals surface area contributed by atoms with Gasteiger partial charge in [0.1, 0.15) is 0 Å². The average Bonchev–Trinajstić information content (AvgIpc) is 2.77. The summed E-state index contributed by atoms with van der Waals surface area (Å²) in [4.78, 5) is 0. The van der Waals surface area contributed by atoms with Crippen LogP contribution in [0.3, 0.4) is 0 Å². The van der Waals surface area contributed by atoms with Gasteiger partial charge in [-0.05, 0) is 66.0 Å². The Morgan fingerprint density at radius 1 is 1.35 bits per heavy atom. The molecule has 1 N–H and O–H groups in total. The third kappa shape index (κ3) is 3.32. The second-order valence-electron chi connectivity index (χ2n) is 4.24. The minimum Gasteiger partial charge on any atom is -0.313 e. The van der Waals surface area contributed by atoms with Crippen LogP contribution in [0.1, 0.15) is 22.7 Å². The summed E-state index contributed by atoms with van der Waals surface area (Å²) in [5.41, 5.74) is 3.83. The third-order valence-electron chi connectivity index (χ3n) is 2.84. The molecule has 3 heteroatoms. The van der Waals surface area contributed by atoms with Gasteiger partial charge in [0.2, 0.25) is 0 Å². The fourth-order valence-corrected chi connectivity index (χ4v) is 2.98. The van der Waals surface area contributed by atoms with Crippen LogP contribution in [0.25, 0.3) is 0 Å². The maximum Gasteiger partial charge on any atom is 0.0411 e. The van der Waals surface area contributed by atoms with E-state index in [4.69, 9.17) is 11.6 Å². The van der Waals surface area contributed by atoms with Gasteiger partial charge in [0.15, 0.2) is 0 Å². The molecule has 0 aliphatic heterocycles. The molecule has 0 fully saturated rings. The molecule has 90 valence electrons. The SMILES string of the molecule is CNC(Cc1ccsc1)c1cc(C)cc(Cl)c1. The molecule has 17 heavy (non-hydrogen) atoms. The van der Waals surface area contributed by atoms with Crippen LogP contribution < -0.4 is 5.32 Å². The highest BCUT2D eigenvalue weighted by Gasteiger charge is 2.11. The van der Waals surface area contributed by atoms with E-state index < -0.39 is 0 Å². The van der Waals surface area contributed by atoms with Gasteiger partial charge < -0.3 is 5.32 Å². The molecule has 1 unspecified atom stereocenters. The zero-order chi connectivity index (χ0) is 12.3. The Labute approximate surface area is 111 Å². The van der Waals surface area contributed by atoms with Gasteiger partial charge >= 0.3 is 0 Å². The van der Waals surface area contributed by atoms with E-state index in [1.54, 1.807) is 11.3 Å². The molecule has 0 bridgehead atoms. The Morgan fingerprint density at radius 2 is 2.18 bits per heavy atom. The number of halogens is 1.